The van der Waals surface area contributed by atoms with E-state index in [1.165, 1.54) is 12.1 Å². The van der Waals surface area contributed by atoms with Crippen LogP contribution in [0.2, 0.25) is 0 Å². The molecular weight excluding hydrogens is 430 g/mol. The second-order valence-electron chi connectivity index (χ2n) is 5.90. The van der Waals surface area contributed by atoms with Crippen LogP contribution in [0.4, 0.5) is 43.4 Å². The molecular formula is C16H12F6N2O4S. The molecule has 0 heterocycles. The highest BCUT2D eigenvalue weighted by Gasteiger charge is 2.64. The van der Waals surface area contributed by atoms with E-state index in [-0.39, 0.29) is 11.8 Å². The number of alkyl halides is 6. The van der Waals surface area contributed by atoms with Gasteiger partial charge in [-0.2, -0.15) is 22.0 Å². The normalized spacial score (nSPS) is 13.8. The van der Waals surface area contributed by atoms with Crippen molar-refractivity contribution in [2.45, 2.75) is 29.4 Å². The zero-order valence-electron chi connectivity index (χ0n) is 14.4. The van der Waals surface area contributed by atoms with E-state index in [2.05, 4.69) is 5.32 Å². The van der Waals surface area contributed by atoms with Gasteiger partial charge >= 0.3 is 11.4 Å². The summed E-state index contributed by atoms with van der Waals surface area (Å²) in [5, 5.41) is 7.90. The molecule has 1 unspecified atom stereocenters. The van der Waals surface area contributed by atoms with Crippen LogP contribution in [0, 0.1) is 17.0 Å². The Morgan fingerprint density at radius 3 is 2.07 bits per heavy atom. The number of hydrogen-bond donors (Lipinski definition) is 1. The lowest BCUT2D eigenvalue weighted by molar-refractivity contribution is -0.384. The summed E-state index contributed by atoms with van der Waals surface area (Å²) in [6.45, 7) is 1.77. The van der Waals surface area contributed by atoms with Gasteiger partial charge in [0.1, 0.15) is 5.69 Å². The smallest absolute Gasteiger partial charge is 0.350 e. The van der Waals surface area contributed by atoms with E-state index >= 15 is 0 Å². The number of sulfone groups is 1. The summed E-state index contributed by atoms with van der Waals surface area (Å²) < 4.78 is 101. The van der Waals surface area contributed by atoms with Gasteiger partial charge in [-0.25, -0.2) is 12.8 Å². The van der Waals surface area contributed by atoms with Gasteiger partial charge in [0.25, 0.3) is 11.9 Å². The molecule has 0 aliphatic rings. The summed E-state index contributed by atoms with van der Waals surface area (Å²) in [5.74, 6) is 0. The Morgan fingerprint density at radius 1 is 1.03 bits per heavy atom. The van der Waals surface area contributed by atoms with Crippen LogP contribution < -0.4 is 5.32 Å². The van der Waals surface area contributed by atoms with Gasteiger partial charge in [-0.05, 0) is 31.2 Å². The quantitative estimate of drug-likeness (QED) is 0.390. The lowest BCUT2D eigenvalue weighted by Gasteiger charge is -2.22. The number of nitrogens with one attached hydrogen (secondary N) is 1. The zero-order chi connectivity index (χ0) is 22.2. The molecule has 0 aliphatic carbocycles. The highest BCUT2D eigenvalue weighted by molar-refractivity contribution is 7.92. The molecule has 158 valence electrons. The number of rotatable bonds is 6. The van der Waals surface area contributed by atoms with Gasteiger partial charge in [0.05, 0.1) is 9.82 Å². The average Bonchev–Trinajstić information content (AvgIpc) is 2.62. The molecule has 0 spiro atoms. The number of nitro groups is 1. The van der Waals surface area contributed by atoms with Crippen molar-refractivity contribution < 1.29 is 39.7 Å². The summed E-state index contributed by atoms with van der Waals surface area (Å²) in [4.78, 5) is 8.56. The maximum absolute atomic E-state index is 13.7. The van der Waals surface area contributed by atoms with Crippen LogP contribution >= 0.6 is 0 Å². The molecule has 29 heavy (non-hydrogen) atoms. The number of nitrogens with zero attached hydrogens (tertiary/aromatic N) is 1. The summed E-state index contributed by atoms with van der Waals surface area (Å²) in [6.07, 6.45) is -11.2. The molecule has 6 nitrogen and oxygen atoms in total. The first-order valence-corrected chi connectivity index (χ1v) is 9.11. The average molecular weight is 442 g/mol. The molecule has 0 bridgehead atoms. The van der Waals surface area contributed by atoms with E-state index in [9.17, 15) is 44.9 Å². The van der Waals surface area contributed by atoms with Gasteiger partial charge in [-0.15, -0.1) is 0 Å². The monoisotopic (exact) mass is 442 g/mol. The predicted octanol–water partition coefficient (Wildman–Crippen LogP) is 4.91. The van der Waals surface area contributed by atoms with Gasteiger partial charge in [-0.1, -0.05) is 17.7 Å². The predicted molar refractivity (Wildman–Crippen MR) is 90.6 cm³/mol. The number of aryl methyl sites for hydroxylation is 1. The van der Waals surface area contributed by atoms with Crippen LogP contribution in [0.25, 0.3) is 0 Å². The Bertz CT molecular complexity index is 1020. The first-order valence-electron chi connectivity index (χ1n) is 7.63. The number of anilines is 2. The third-order valence-electron chi connectivity index (χ3n) is 3.75. The summed E-state index contributed by atoms with van der Waals surface area (Å²) in [5.41, 5.74) is -0.127. The topological polar surface area (TPSA) is 89.3 Å². The van der Waals surface area contributed by atoms with Crippen LogP contribution in [0.15, 0.2) is 47.4 Å². The second-order valence-corrected chi connectivity index (χ2v) is 7.92. The van der Waals surface area contributed by atoms with Crippen LogP contribution in [-0.4, -0.2) is 30.9 Å². The Hall–Kier alpha value is -2.83. The number of nitro benzene ring substituents is 1. The van der Waals surface area contributed by atoms with Crippen molar-refractivity contribution >= 4 is 26.9 Å². The van der Waals surface area contributed by atoms with Crippen molar-refractivity contribution in [1.82, 2.24) is 0 Å². The molecule has 2 aromatic rings. The van der Waals surface area contributed by atoms with Gasteiger partial charge in [-0.3, -0.25) is 10.1 Å². The fourth-order valence-corrected chi connectivity index (χ4v) is 3.45. The van der Waals surface area contributed by atoms with E-state index in [0.717, 1.165) is 11.6 Å². The number of halogens is 6. The third kappa shape index (κ3) is 4.44. The fourth-order valence-electron chi connectivity index (χ4n) is 2.21. The molecule has 1 atom stereocenters. The van der Waals surface area contributed by atoms with Crippen molar-refractivity contribution in [2.75, 3.05) is 5.32 Å². The third-order valence-corrected chi connectivity index (χ3v) is 5.55. The van der Waals surface area contributed by atoms with Crippen molar-refractivity contribution in [3.05, 3.63) is 58.1 Å². The Labute approximate surface area is 160 Å². The number of hydrogen-bond acceptors (Lipinski definition) is 5. The van der Waals surface area contributed by atoms with Gasteiger partial charge in [0, 0.05) is 11.8 Å². The minimum absolute atomic E-state index is 0.142. The van der Waals surface area contributed by atoms with Crippen LogP contribution in [0.5, 0.6) is 0 Å². The molecule has 0 saturated carbocycles. The van der Waals surface area contributed by atoms with Crippen LogP contribution in [0.3, 0.4) is 0 Å². The summed E-state index contributed by atoms with van der Waals surface area (Å²) in [6, 6.07) is 7.63. The van der Waals surface area contributed by atoms with E-state index in [0.29, 0.717) is 11.8 Å². The summed E-state index contributed by atoms with van der Waals surface area (Å²) >= 11 is 0. The Balaban J connectivity index is 2.51. The lowest BCUT2D eigenvalue weighted by atomic mass is 10.2. The van der Waals surface area contributed by atoms with Crippen molar-refractivity contribution in [3.63, 3.8) is 0 Å². The first kappa shape index (κ1) is 22.5. The van der Waals surface area contributed by atoms with E-state index < -0.39 is 42.9 Å². The zero-order valence-corrected chi connectivity index (χ0v) is 15.2. The molecule has 2 rings (SSSR count). The molecule has 0 radical (unpaired) electrons. The van der Waals surface area contributed by atoms with Crippen molar-refractivity contribution in [3.8, 4) is 0 Å². The van der Waals surface area contributed by atoms with Crippen molar-refractivity contribution in [2.24, 2.45) is 0 Å². The maximum atomic E-state index is 13.7. The van der Waals surface area contributed by atoms with Crippen LogP contribution in [-0.2, 0) is 9.84 Å². The van der Waals surface area contributed by atoms with Gasteiger partial charge in [0.15, 0.2) is 0 Å². The molecule has 13 heteroatoms. The highest BCUT2D eigenvalue weighted by atomic mass is 32.2. The molecule has 1 N–H and O–H groups in total. The lowest BCUT2D eigenvalue weighted by Crippen LogP contribution is -2.47. The SMILES string of the molecule is Cc1ccc(Nc2ccc(S(=O)(=O)C(F)(F)C(F)C(F)(F)F)cc2[N+](=O)[O-])cc1. The van der Waals surface area contributed by atoms with E-state index in [1.54, 1.807) is 19.1 Å². The largest absolute Gasteiger partial charge is 0.426 e. The minimum atomic E-state index is -6.23. The summed E-state index contributed by atoms with van der Waals surface area (Å²) in [7, 11) is -6.23. The molecule has 2 aromatic carbocycles. The number of benzene rings is 2. The van der Waals surface area contributed by atoms with E-state index in [1.807, 2.05) is 0 Å². The first-order chi connectivity index (χ1) is 13.2. The molecule has 0 fully saturated rings. The van der Waals surface area contributed by atoms with E-state index in [4.69, 9.17) is 0 Å². The maximum Gasteiger partial charge on any atom is 0.426 e. The molecule has 0 aromatic heterocycles. The van der Waals surface area contributed by atoms with Gasteiger partial charge < -0.3 is 5.32 Å². The Morgan fingerprint density at radius 2 is 1.59 bits per heavy atom. The highest BCUT2D eigenvalue weighted by Crippen LogP contribution is 2.42. The van der Waals surface area contributed by atoms with Crippen molar-refractivity contribution in [1.29, 1.82) is 0 Å². The van der Waals surface area contributed by atoms with Gasteiger partial charge in [0.2, 0.25) is 9.84 Å². The standard InChI is InChI=1S/C16H12F6N2O4S/c1-9-2-4-10(5-3-9)23-12-7-6-11(8-13(12)24(25)26)29(27,28)16(21,22)14(17)15(18,19)20/h2-8,14,23H,1H3. The molecule has 0 saturated heterocycles. The minimum Gasteiger partial charge on any atom is -0.350 e. The van der Waals surface area contributed by atoms with Crippen LogP contribution in [0.1, 0.15) is 5.56 Å². The molecule has 0 aliphatic heterocycles. The fraction of sp³-hybridized carbons (Fsp3) is 0.250. The molecule has 0 amide bonds. The second kappa shape index (κ2) is 7.54. The Kier molecular flexibility index (Phi) is 5.84.